The second-order valence-corrected chi connectivity index (χ2v) is 5.20. The van der Waals surface area contributed by atoms with Gasteiger partial charge in [0.25, 0.3) is 0 Å². The van der Waals surface area contributed by atoms with Gasteiger partial charge in [-0.25, -0.2) is 4.98 Å². The summed E-state index contributed by atoms with van der Waals surface area (Å²) in [5.74, 6) is 0.593. The molecule has 0 saturated carbocycles. The molecule has 21 heavy (non-hydrogen) atoms. The van der Waals surface area contributed by atoms with E-state index in [1.165, 1.54) is 25.7 Å². The first-order valence-electron chi connectivity index (χ1n) is 7.59. The van der Waals surface area contributed by atoms with E-state index >= 15 is 0 Å². The number of fused-ring (bicyclic) bond motifs is 1. The zero-order valence-corrected chi connectivity index (χ0v) is 12.6. The van der Waals surface area contributed by atoms with Crippen molar-refractivity contribution in [3.8, 4) is 5.88 Å². The molecule has 0 amide bonds. The van der Waals surface area contributed by atoms with E-state index in [2.05, 4.69) is 11.9 Å². The number of nitrogens with two attached hydrogens (primary N) is 1. The molecule has 0 fully saturated rings. The van der Waals surface area contributed by atoms with E-state index in [1.807, 2.05) is 24.3 Å². The van der Waals surface area contributed by atoms with Gasteiger partial charge >= 0.3 is 0 Å². The van der Waals surface area contributed by atoms with Crippen LogP contribution < -0.4 is 10.5 Å². The van der Waals surface area contributed by atoms with Crippen molar-refractivity contribution < 1.29 is 4.74 Å². The molecular formula is C17H23N3O. The van der Waals surface area contributed by atoms with Gasteiger partial charge in [-0.15, -0.1) is 0 Å². The lowest BCUT2D eigenvalue weighted by molar-refractivity contribution is 0.294. The number of nitrogens with one attached hydrogen (secondary N) is 1. The minimum atomic E-state index is 0.0430. The van der Waals surface area contributed by atoms with Gasteiger partial charge in [0, 0.05) is 17.0 Å². The van der Waals surface area contributed by atoms with E-state index in [-0.39, 0.29) is 5.84 Å². The number of nitrogen functional groups attached to an aromatic ring is 1. The average Bonchev–Trinajstić information content (AvgIpc) is 2.49. The lowest BCUT2D eigenvalue weighted by Crippen LogP contribution is -2.12. The van der Waals surface area contributed by atoms with Crippen molar-refractivity contribution in [1.29, 1.82) is 5.41 Å². The van der Waals surface area contributed by atoms with Crippen molar-refractivity contribution in [3.05, 3.63) is 35.9 Å². The van der Waals surface area contributed by atoms with Crippen molar-refractivity contribution in [2.45, 2.75) is 39.0 Å². The maximum absolute atomic E-state index is 7.70. The third kappa shape index (κ3) is 4.18. The van der Waals surface area contributed by atoms with Crippen LogP contribution in [0.4, 0.5) is 0 Å². The summed E-state index contributed by atoms with van der Waals surface area (Å²) in [4.78, 5) is 4.48. The summed E-state index contributed by atoms with van der Waals surface area (Å²) < 4.78 is 5.72. The Balaban J connectivity index is 2.05. The summed E-state index contributed by atoms with van der Waals surface area (Å²) in [6, 6.07) is 9.44. The van der Waals surface area contributed by atoms with Gasteiger partial charge in [0.2, 0.25) is 5.88 Å². The third-order valence-electron chi connectivity index (χ3n) is 3.48. The molecule has 2 rings (SSSR count). The summed E-state index contributed by atoms with van der Waals surface area (Å²) in [7, 11) is 0. The van der Waals surface area contributed by atoms with Crippen LogP contribution in [-0.2, 0) is 0 Å². The molecule has 0 aliphatic carbocycles. The topological polar surface area (TPSA) is 72.0 Å². The number of hydrogen-bond acceptors (Lipinski definition) is 3. The normalized spacial score (nSPS) is 10.7. The Bertz CT molecular complexity index is 610. The minimum absolute atomic E-state index is 0.0430. The van der Waals surface area contributed by atoms with Gasteiger partial charge in [-0.1, -0.05) is 50.8 Å². The molecule has 1 heterocycles. The highest BCUT2D eigenvalue weighted by Crippen LogP contribution is 2.21. The number of hydrogen-bond donors (Lipinski definition) is 2. The van der Waals surface area contributed by atoms with Crippen molar-refractivity contribution >= 4 is 16.7 Å². The zero-order valence-electron chi connectivity index (χ0n) is 12.6. The first kappa shape index (κ1) is 15.3. The number of aromatic nitrogens is 1. The number of ether oxygens (including phenoxy) is 1. The molecule has 0 radical (unpaired) electrons. The number of para-hydroxylation sites is 1. The van der Waals surface area contributed by atoms with Crippen LogP contribution in [0.1, 0.15) is 44.6 Å². The molecule has 1 aromatic heterocycles. The van der Waals surface area contributed by atoms with Gasteiger partial charge in [0.15, 0.2) is 0 Å². The Morgan fingerprint density at radius 3 is 2.71 bits per heavy atom. The minimum Gasteiger partial charge on any atom is -0.478 e. The predicted molar refractivity (Wildman–Crippen MR) is 87.0 cm³/mol. The van der Waals surface area contributed by atoms with Crippen LogP contribution >= 0.6 is 0 Å². The molecule has 4 heteroatoms. The van der Waals surface area contributed by atoms with E-state index < -0.39 is 0 Å². The summed E-state index contributed by atoms with van der Waals surface area (Å²) in [5.41, 5.74) is 7.15. The van der Waals surface area contributed by atoms with Crippen LogP contribution in [0.3, 0.4) is 0 Å². The molecule has 0 aliphatic heterocycles. The molecule has 0 spiro atoms. The Morgan fingerprint density at radius 1 is 1.19 bits per heavy atom. The number of nitrogens with zero attached hydrogens (tertiary/aromatic N) is 1. The second kappa shape index (κ2) is 7.62. The fourth-order valence-corrected chi connectivity index (χ4v) is 2.33. The molecule has 1 aromatic carbocycles. The second-order valence-electron chi connectivity index (χ2n) is 5.20. The van der Waals surface area contributed by atoms with Crippen molar-refractivity contribution in [3.63, 3.8) is 0 Å². The predicted octanol–water partition coefficient (Wildman–Crippen LogP) is 3.87. The van der Waals surface area contributed by atoms with Gasteiger partial charge in [-0.05, 0) is 12.5 Å². The number of unbranched alkanes of at least 4 members (excludes halogenated alkanes) is 4. The Labute approximate surface area is 125 Å². The van der Waals surface area contributed by atoms with Gasteiger partial charge in [0.1, 0.15) is 5.84 Å². The summed E-state index contributed by atoms with van der Waals surface area (Å²) in [6.45, 7) is 2.87. The molecule has 112 valence electrons. The SMILES string of the molecule is CCCCCCCOc1cc(C(=N)N)c2ccccc2n1. The van der Waals surface area contributed by atoms with Gasteiger partial charge < -0.3 is 10.5 Å². The van der Waals surface area contributed by atoms with Crippen LogP contribution in [0.15, 0.2) is 30.3 Å². The van der Waals surface area contributed by atoms with Gasteiger partial charge in [0.05, 0.1) is 12.1 Å². The number of amidine groups is 1. The van der Waals surface area contributed by atoms with Crippen LogP contribution in [0.5, 0.6) is 5.88 Å². The molecule has 0 aliphatic rings. The number of rotatable bonds is 8. The monoisotopic (exact) mass is 285 g/mol. The molecule has 3 N–H and O–H groups in total. The molecule has 0 saturated heterocycles. The molecule has 0 atom stereocenters. The highest BCUT2D eigenvalue weighted by Gasteiger charge is 2.08. The molecule has 2 aromatic rings. The Morgan fingerprint density at radius 2 is 1.95 bits per heavy atom. The maximum Gasteiger partial charge on any atom is 0.214 e. The van der Waals surface area contributed by atoms with Crippen LogP contribution in [-0.4, -0.2) is 17.4 Å². The van der Waals surface area contributed by atoms with Gasteiger partial charge in [-0.2, -0.15) is 0 Å². The third-order valence-corrected chi connectivity index (χ3v) is 3.48. The van der Waals surface area contributed by atoms with E-state index in [0.29, 0.717) is 18.1 Å². The van der Waals surface area contributed by atoms with E-state index in [0.717, 1.165) is 17.3 Å². The Kier molecular flexibility index (Phi) is 5.55. The van der Waals surface area contributed by atoms with Crippen LogP contribution in [0.25, 0.3) is 10.9 Å². The highest BCUT2D eigenvalue weighted by molar-refractivity contribution is 6.06. The summed E-state index contributed by atoms with van der Waals surface area (Å²) >= 11 is 0. The van der Waals surface area contributed by atoms with E-state index in [1.54, 1.807) is 6.07 Å². The fourth-order valence-electron chi connectivity index (χ4n) is 2.33. The van der Waals surface area contributed by atoms with E-state index in [9.17, 15) is 0 Å². The van der Waals surface area contributed by atoms with Crippen molar-refractivity contribution in [2.24, 2.45) is 5.73 Å². The lowest BCUT2D eigenvalue weighted by atomic mass is 10.1. The summed E-state index contributed by atoms with van der Waals surface area (Å²) in [5, 5.41) is 8.59. The van der Waals surface area contributed by atoms with Crippen LogP contribution in [0.2, 0.25) is 0 Å². The van der Waals surface area contributed by atoms with E-state index in [4.69, 9.17) is 15.9 Å². The van der Waals surface area contributed by atoms with Gasteiger partial charge in [-0.3, -0.25) is 5.41 Å². The van der Waals surface area contributed by atoms with Crippen molar-refractivity contribution in [1.82, 2.24) is 4.98 Å². The fraction of sp³-hybridized carbons (Fsp3) is 0.412. The largest absolute Gasteiger partial charge is 0.478 e. The number of pyridine rings is 1. The molecule has 0 bridgehead atoms. The first-order chi connectivity index (χ1) is 10.2. The first-order valence-corrected chi connectivity index (χ1v) is 7.59. The highest BCUT2D eigenvalue weighted by atomic mass is 16.5. The quantitative estimate of drug-likeness (QED) is 0.439. The maximum atomic E-state index is 7.70. The standard InChI is InChI=1S/C17H23N3O/c1-2-3-4-5-8-11-21-16-12-14(17(18)19)13-9-6-7-10-15(13)20-16/h6-7,9-10,12H,2-5,8,11H2,1H3,(H3,18,19). The summed E-state index contributed by atoms with van der Waals surface area (Å²) in [6.07, 6.45) is 5.99. The molecule has 0 unspecified atom stereocenters. The zero-order chi connectivity index (χ0) is 15.1. The Hall–Kier alpha value is -2.10. The number of benzene rings is 1. The molecular weight excluding hydrogens is 262 g/mol. The lowest BCUT2D eigenvalue weighted by Gasteiger charge is -2.10. The average molecular weight is 285 g/mol. The van der Waals surface area contributed by atoms with Crippen LogP contribution in [0, 0.1) is 5.41 Å². The smallest absolute Gasteiger partial charge is 0.214 e. The molecule has 4 nitrogen and oxygen atoms in total. The van der Waals surface area contributed by atoms with Crippen molar-refractivity contribution in [2.75, 3.05) is 6.61 Å².